The van der Waals surface area contributed by atoms with Crippen molar-refractivity contribution in [2.24, 2.45) is 5.73 Å². The van der Waals surface area contributed by atoms with Crippen LogP contribution in [-0.4, -0.2) is 25.4 Å². The van der Waals surface area contributed by atoms with Crippen LogP contribution in [0.3, 0.4) is 0 Å². The number of hydrogen-bond acceptors (Lipinski definition) is 3. The van der Waals surface area contributed by atoms with Crippen LogP contribution >= 0.6 is 0 Å². The van der Waals surface area contributed by atoms with Crippen molar-refractivity contribution in [3.63, 3.8) is 0 Å². The van der Waals surface area contributed by atoms with Crippen LogP contribution in [0.4, 0.5) is 0 Å². The maximum absolute atomic E-state index is 6.08. The first-order valence-corrected chi connectivity index (χ1v) is 5.16. The molecule has 82 valence electrons. The first-order chi connectivity index (χ1) is 6.55. The summed E-state index contributed by atoms with van der Waals surface area (Å²) in [6.45, 7) is 4.93. The average molecular weight is 199 g/mol. The van der Waals surface area contributed by atoms with Crippen LogP contribution in [0.25, 0.3) is 0 Å². The Balaban J connectivity index is 2.48. The van der Waals surface area contributed by atoms with E-state index in [-0.39, 0.29) is 11.6 Å². The van der Waals surface area contributed by atoms with Crippen molar-refractivity contribution in [3.8, 4) is 0 Å². The molecule has 0 aliphatic carbocycles. The fraction of sp³-hybridized carbons (Fsp3) is 0.818. The molecule has 1 aliphatic rings. The first kappa shape index (κ1) is 11.5. The Bertz CT molecular complexity index is 211. The minimum atomic E-state index is -0.155. The second-order valence-corrected chi connectivity index (χ2v) is 4.44. The predicted octanol–water partition coefficient (Wildman–Crippen LogP) is 1.82. The Morgan fingerprint density at radius 2 is 2.36 bits per heavy atom. The van der Waals surface area contributed by atoms with Gasteiger partial charge in [-0.1, -0.05) is 0 Å². The van der Waals surface area contributed by atoms with Gasteiger partial charge in [0.15, 0.2) is 0 Å². The topological polar surface area (TPSA) is 44.5 Å². The molecule has 1 heterocycles. The lowest BCUT2D eigenvalue weighted by Gasteiger charge is -2.28. The van der Waals surface area contributed by atoms with Gasteiger partial charge in [0, 0.05) is 13.2 Å². The smallest absolute Gasteiger partial charge is 0.0876 e. The van der Waals surface area contributed by atoms with Crippen LogP contribution in [0.2, 0.25) is 0 Å². The fourth-order valence-corrected chi connectivity index (χ4v) is 1.60. The average Bonchev–Trinajstić information content (AvgIpc) is 2.19. The second kappa shape index (κ2) is 4.80. The molecule has 1 aliphatic heterocycles. The Kier molecular flexibility index (Phi) is 3.96. The summed E-state index contributed by atoms with van der Waals surface area (Å²) >= 11 is 0. The molecule has 0 spiro atoms. The summed E-state index contributed by atoms with van der Waals surface area (Å²) in [6, 6.07) is 0.0604. The maximum Gasteiger partial charge on any atom is 0.0876 e. The number of hydrogen-bond donors (Lipinski definition) is 1. The zero-order valence-corrected chi connectivity index (χ0v) is 9.38. The lowest BCUT2D eigenvalue weighted by atomic mass is 9.92. The Hall–Kier alpha value is -0.540. The van der Waals surface area contributed by atoms with E-state index in [1.54, 1.807) is 7.11 Å². The minimum absolute atomic E-state index is 0.0604. The Morgan fingerprint density at radius 3 is 2.86 bits per heavy atom. The van der Waals surface area contributed by atoms with Crippen LogP contribution in [0, 0.1) is 0 Å². The van der Waals surface area contributed by atoms with Crippen LogP contribution in [0.1, 0.15) is 33.1 Å². The number of ether oxygens (including phenoxy) is 2. The van der Waals surface area contributed by atoms with Crippen LogP contribution in [-0.2, 0) is 9.47 Å². The third-order valence-electron chi connectivity index (χ3n) is 2.70. The van der Waals surface area contributed by atoms with E-state index in [1.807, 2.05) is 6.26 Å². The number of methoxy groups -OCH3 is 1. The quantitative estimate of drug-likeness (QED) is 0.751. The van der Waals surface area contributed by atoms with Crippen LogP contribution < -0.4 is 5.73 Å². The molecule has 0 bridgehead atoms. The molecule has 0 radical (unpaired) electrons. The highest BCUT2D eigenvalue weighted by molar-refractivity contribution is 5.10. The second-order valence-electron chi connectivity index (χ2n) is 4.44. The van der Waals surface area contributed by atoms with Gasteiger partial charge < -0.3 is 15.2 Å². The molecule has 0 saturated carbocycles. The van der Waals surface area contributed by atoms with Gasteiger partial charge in [-0.15, -0.1) is 0 Å². The minimum Gasteiger partial charge on any atom is -0.501 e. The Morgan fingerprint density at radius 1 is 1.64 bits per heavy atom. The molecule has 2 N–H and O–H groups in total. The van der Waals surface area contributed by atoms with Crippen molar-refractivity contribution in [2.45, 2.75) is 44.8 Å². The molecule has 14 heavy (non-hydrogen) atoms. The van der Waals surface area contributed by atoms with E-state index in [9.17, 15) is 0 Å². The molecule has 1 atom stereocenters. The summed E-state index contributed by atoms with van der Waals surface area (Å²) in [5.41, 5.74) is 7.14. The highest BCUT2D eigenvalue weighted by Gasteiger charge is 2.23. The van der Waals surface area contributed by atoms with Crippen molar-refractivity contribution in [1.29, 1.82) is 0 Å². The van der Waals surface area contributed by atoms with E-state index < -0.39 is 0 Å². The van der Waals surface area contributed by atoms with E-state index in [2.05, 4.69) is 13.8 Å². The van der Waals surface area contributed by atoms with Gasteiger partial charge in [0.05, 0.1) is 18.5 Å². The first-order valence-electron chi connectivity index (χ1n) is 5.16. The molecular formula is C11H21NO2. The monoisotopic (exact) mass is 199 g/mol. The molecule has 1 unspecified atom stereocenters. The van der Waals surface area contributed by atoms with E-state index in [1.165, 1.54) is 5.57 Å². The maximum atomic E-state index is 6.08. The molecule has 3 heteroatoms. The van der Waals surface area contributed by atoms with Gasteiger partial charge in [0.25, 0.3) is 0 Å². The van der Waals surface area contributed by atoms with Gasteiger partial charge in [-0.05, 0) is 38.7 Å². The van der Waals surface area contributed by atoms with Gasteiger partial charge in [0.2, 0.25) is 0 Å². The zero-order chi connectivity index (χ0) is 10.6. The zero-order valence-electron chi connectivity index (χ0n) is 9.38. The highest BCUT2D eigenvalue weighted by atomic mass is 16.5. The summed E-state index contributed by atoms with van der Waals surface area (Å²) in [7, 11) is 1.72. The van der Waals surface area contributed by atoms with E-state index in [4.69, 9.17) is 15.2 Å². The predicted molar refractivity (Wildman–Crippen MR) is 56.9 cm³/mol. The van der Waals surface area contributed by atoms with E-state index in [0.717, 1.165) is 25.9 Å². The van der Waals surface area contributed by atoms with E-state index in [0.29, 0.717) is 0 Å². The number of rotatable bonds is 4. The molecule has 0 saturated heterocycles. The van der Waals surface area contributed by atoms with Gasteiger partial charge in [-0.3, -0.25) is 0 Å². The molecule has 0 aromatic rings. The van der Waals surface area contributed by atoms with Gasteiger partial charge in [0.1, 0.15) is 0 Å². The summed E-state index contributed by atoms with van der Waals surface area (Å²) in [5.74, 6) is 0. The summed E-state index contributed by atoms with van der Waals surface area (Å²) in [5, 5.41) is 0. The SMILES string of the molecule is COC(C)(C)CC(N)C1=COCCC1. The van der Waals surface area contributed by atoms with Crippen molar-refractivity contribution >= 4 is 0 Å². The van der Waals surface area contributed by atoms with Crippen LogP contribution in [0.5, 0.6) is 0 Å². The lowest BCUT2D eigenvalue weighted by Crippen LogP contribution is -2.35. The third kappa shape index (κ3) is 3.31. The van der Waals surface area contributed by atoms with Gasteiger partial charge in [-0.25, -0.2) is 0 Å². The van der Waals surface area contributed by atoms with Crippen molar-refractivity contribution < 1.29 is 9.47 Å². The van der Waals surface area contributed by atoms with E-state index >= 15 is 0 Å². The summed E-state index contributed by atoms with van der Waals surface area (Å²) in [4.78, 5) is 0. The lowest BCUT2D eigenvalue weighted by molar-refractivity contribution is 0.0118. The highest BCUT2D eigenvalue weighted by Crippen LogP contribution is 2.22. The van der Waals surface area contributed by atoms with Crippen molar-refractivity contribution in [2.75, 3.05) is 13.7 Å². The Labute approximate surface area is 86.3 Å². The molecule has 3 nitrogen and oxygen atoms in total. The molecule has 0 aromatic heterocycles. The van der Waals surface area contributed by atoms with Gasteiger partial charge >= 0.3 is 0 Å². The summed E-state index contributed by atoms with van der Waals surface area (Å²) < 4.78 is 10.6. The van der Waals surface area contributed by atoms with Crippen LogP contribution in [0.15, 0.2) is 11.8 Å². The van der Waals surface area contributed by atoms with Crippen molar-refractivity contribution in [1.82, 2.24) is 0 Å². The molecule has 1 rings (SSSR count). The fourth-order valence-electron chi connectivity index (χ4n) is 1.60. The summed E-state index contributed by atoms with van der Waals surface area (Å²) in [6.07, 6.45) is 4.78. The normalized spacial score (nSPS) is 19.9. The van der Waals surface area contributed by atoms with Crippen molar-refractivity contribution in [3.05, 3.63) is 11.8 Å². The molecular weight excluding hydrogens is 178 g/mol. The number of nitrogens with two attached hydrogens (primary N) is 1. The molecule has 0 amide bonds. The third-order valence-corrected chi connectivity index (χ3v) is 2.70. The van der Waals surface area contributed by atoms with Gasteiger partial charge in [-0.2, -0.15) is 0 Å². The standard InChI is InChI=1S/C11H21NO2/c1-11(2,13-3)7-10(12)9-5-4-6-14-8-9/h8,10H,4-7,12H2,1-3H3. The molecule has 0 fully saturated rings. The largest absolute Gasteiger partial charge is 0.501 e. The molecule has 0 aromatic carbocycles.